The Bertz CT molecular complexity index is 525. The predicted molar refractivity (Wildman–Crippen MR) is 77.1 cm³/mol. The van der Waals surface area contributed by atoms with Crippen LogP contribution >= 0.6 is 0 Å². The molecule has 0 aromatic carbocycles. The molecule has 3 N–H and O–H groups in total. The molecule has 0 atom stereocenters. The molecule has 1 aromatic heterocycles. The minimum atomic E-state index is -3.53. The zero-order chi connectivity index (χ0) is 15.2. The SMILES string of the molecule is COCCCNS(=O)(=O)c1c(C)nn(CCCN)c1C. The minimum Gasteiger partial charge on any atom is -0.385 e. The normalized spacial score (nSPS) is 12.0. The second-order valence-electron chi connectivity index (χ2n) is 4.61. The molecule has 8 heteroatoms. The highest BCUT2D eigenvalue weighted by molar-refractivity contribution is 7.89. The van der Waals surface area contributed by atoms with Crippen molar-refractivity contribution in [3.63, 3.8) is 0 Å². The maximum Gasteiger partial charge on any atom is 0.244 e. The van der Waals surface area contributed by atoms with Crippen LogP contribution in [-0.4, -0.2) is 45.0 Å². The fraction of sp³-hybridized carbons (Fsp3) is 0.750. The predicted octanol–water partition coefficient (Wildman–Crippen LogP) is 0.164. The molecule has 0 saturated carbocycles. The third-order valence-corrected chi connectivity index (χ3v) is 4.69. The summed E-state index contributed by atoms with van der Waals surface area (Å²) in [6, 6.07) is 0. The molecule has 0 fully saturated rings. The van der Waals surface area contributed by atoms with Crippen LogP contribution < -0.4 is 10.5 Å². The molecule has 0 aliphatic carbocycles. The smallest absolute Gasteiger partial charge is 0.244 e. The summed E-state index contributed by atoms with van der Waals surface area (Å²) in [5, 5.41) is 4.28. The van der Waals surface area contributed by atoms with Gasteiger partial charge < -0.3 is 10.5 Å². The number of sulfonamides is 1. The first-order valence-electron chi connectivity index (χ1n) is 6.66. The van der Waals surface area contributed by atoms with Gasteiger partial charge in [0.05, 0.1) is 11.4 Å². The Morgan fingerprint density at radius 1 is 1.35 bits per heavy atom. The van der Waals surface area contributed by atoms with Crippen molar-refractivity contribution < 1.29 is 13.2 Å². The summed E-state index contributed by atoms with van der Waals surface area (Å²) in [7, 11) is -1.94. The minimum absolute atomic E-state index is 0.270. The first-order valence-corrected chi connectivity index (χ1v) is 8.15. The van der Waals surface area contributed by atoms with Crippen molar-refractivity contribution in [1.29, 1.82) is 0 Å². The number of nitrogens with one attached hydrogen (secondary N) is 1. The lowest BCUT2D eigenvalue weighted by Crippen LogP contribution is -2.26. The van der Waals surface area contributed by atoms with E-state index < -0.39 is 10.0 Å². The number of hydrogen-bond donors (Lipinski definition) is 2. The molecule has 1 heterocycles. The highest BCUT2D eigenvalue weighted by Gasteiger charge is 2.23. The maximum atomic E-state index is 12.3. The largest absolute Gasteiger partial charge is 0.385 e. The first-order chi connectivity index (χ1) is 9.44. The standard InChI is InChI=1S/C12H24N4O3S/c1-10-12(11(2)16(15-10)8-4-6-13)20(17,18)14-7-5-9-19-3/h14H,4-9,13H2,1-3H3. The van der Waals surface area contributed by atoms with Gasteiger partial charge in [-0.2, -0.15) is 5.10 Å². The Labute approximate surface area is 120 Å². The molecule has 0 bridgehead atoms. The van der Waals surface area contributed by atoms with E-state index in [0.29, 0.717) is 44.0 Å². The number of methoxy groups -OCH3 is 1. The average Bonchev–Trinajstić information content (AvgIpc) is 2.67. The van der Waals surface area contributed by atoms with Gasteiger partial charge in [-0.1, -0.05) is 0 Å². The molecule has 7 nitrogen and oxygen atoms in total. The zero-order valence-electron chi connectivity index (χ0n) is 12.3. The van der Waals surface area contributed by atoms with Crippen LogP contribution in [0.1, 0.15) is 24.2 Å². The molecular formula is C12H24N4O3S. The number of aromatic nitrogens is 2. The van der Waals surface area contributed by atoms with Gasteiger partial charge in [0.2, 0.25) is 10.0 Å². The van der Waals surface area contributed by atoms with Crippen LogP contribution in [0, 0.1) is 13.8 Å². The molecule has 1 aromatic rings. The fourth-order valence-corrected chi connectivity index (χ4v) is 3.50. The Hall–Kier alpha value is -0.960. The van der Waals surface area contributed by atoms with Crippen molar-refractivity contribution in [1.82, 2.24) is 14.5 Å². The fourth-order valence-electron chi connectivity index (χ4n) is 2.02. The molecule has 0 saturated heterocycles. The maximum absolute atomic E-state index is 12.3. The van der Waals surface area contributed by atoms with E-state index in [0.717, 1.165) is 6.42 Å². The van der Waals surface area contributed by atoms with Crippen LogP contribution in [0.2, 0.25) is 0 Å². The summed E-state index contributed by atoms with van der Waals surface area (Å²) < 4.78 is 33.8. The van der Waals surface area contributed by atoms with E-state index in [-0.39, 0.29) is 4.90 Å². The number of nitrogens with two attached hydrogens (primary N) is 1. The van der Waals surface area contributed by atoms with Crippen molar-refractivity contribution in [2.75, 3.05) is 26.8 Å². The van der Waals surface area contributed by atoms with Crippen molar-refractivity contribution >= 4 is 10.0 Å². The summed E-state index contributed by atoms with van der Waals surface area (Å²) in [5.74, 6) is 0. The van der Waals surface area contributed by atoms with Gasteiger partial charge in [-0.25, -0.2) is 13.1 Å². The number of rotatable bonds is 9. The van der Waals surface area contributed by atoms with Gasteiger partial charge in [0.25, 0.3) is 0 Å². The highest BCUT2D eigenvalue weighted by Crippen LogP contribution is 2.19. The van der Waals surface area contributed by atoms with Gasteiger partial charge >= 0.3 is 0 Å². The van der Waals surface area contributed by atoms with E-state index in [1.807, 2.05) is 0 Å². The Kier molecular flexibility index (Phi) is 6.60. The third-order valence-electron chi connectivity index (χ3n) is 2.98. The second-order valence-corrected chi connectivity index (χ2v) is 6.31. The van der Waals surface area contributed by atoms with Crippen molar-refractivity contribution in [2.45, 2.75) is 38.1 Å². The van der Waals surface area contributed by atoms with E-state index in [9.17, 15) is 8.42 Å². The molecule has 1 rings (SSSR count). The highest BCUT2D eigenvalue weighted by atomic mass is 32.2. The van der Waals surface area contributed by atoms with Crippen molar-refractivity contribution in [3.8, 4) is 0 Å². The molecule has 0 spiro atoms. The van der Waals surface area contributed by atoms with Gasteiger partial charge in [-0.15, -0.1) is 0 Å². The van der Waals surface area contributed by atoms with Gasteiger partial charge in [0, 0.05) is 26.8 Å². The van der Waals surface area contributed by atoms with Crippen LogP contribution in [0.4, 0.5) is 0 Å². The van der Waals surface area contributed by atoms with Crippen LogP contribution in [0.25, 0.3) is 0 Å². The van der Waals surface area contributed by atoms with E-state index >= 15 is 0 Å². The number of ether oxygens (including phenoxy) is 1. The van der Waals surface area contributed by atoms with Gasteiger partial charge in [-0.05, 0) is 33.2 Å². The molecule has 0 aliphatic rings. The lowest BCUT2D eigenvalue weighted by Gasteiger charge is -2.07. The van der Waals surface area contributed by atoms with Gasteiger partial charge in [0.1, 0.15) is 4.90 Å². The summed E-state index contributed by atoms with van der Waals surface area (Å²) >= 11 is 0. The summed E-state index contributed by atoms with van der Waals surface area (Å²) in [6.07, 6.45) is 1.40. The van der Waals surface area contributed by atoms with Crippen LogP contribution in [0.3, 0.4) is 0 Å². The monoisotopic (exact) mass is 304 g/mol. The van der Waals surface area contributed by atoms with Crippen molar-refractivity contribution in [3.05, 3.63) is 11.4 Å². The van der Waals surface area contributed by atoms with E-state index in [2.05, 4.69) is 9.82 Å². The molecule has 0 aliphatic heterocycles. The molecule has 116 valence electrons. The van der Waals surface area contributed by atoms with Crippen molar-refractivity contribution in [2.24, 2.45) is 5.73 Å². The van der Waals surface area contributed by atoms with E-state index in [1.165, 1.54) is 0 Å². The van der Waals surface area contributed by atoms with Crippen LogP contribution in [0.5, 0.6) is 0 Å². The third kappa shape index (κ3) is 4.27. The summed E-state index contributed by atoms with van der Waals surface area (Å²) in [6.45, 7) is 5.52. The van der Waals surface area contributed by atoms with Gasteiger partial charge in [0.15, 0.2) is 0 Å². The average molecular weight is 304 g/mol. The van der Waals surface area contributed by atoms with E-state index in [4.69, 9.17) is 10.5 Å². The van der Waals surface area contributed by atoms with Crippen LogP contribution in [-0.2, 0) is 21.3 Å². The Morgan fingerprint density at radius 2 is 2.05 bits per heavy atom. The first kappa shape index (κ1) is 17.1. The lowest BCUT2D eigenvalue weighted by molar-refractivity contribution is 0.196. The van der Waals surface area contributed by atoms with E-state index in [1.54, 1.807) is 25.6 Å². The molecule has 20 heavy (non-hydrogen) atoms. The zero-order valence-corrected chi connectivity index (χ0v) is 13.2. The van der Waals surface area contributed by atoms with Crippen LogP contribution in [0.15, 0.2) is 4.90 Å². The number of aryl methyl sites for hydroxylation is 2. The number of hydrogen-bond acceptors (Lipinski definition) is 5. The molecular weight excluding hydrogens is 280 g/mol. The quantitative estimate of drug-likeness (QED) is 0.633. The molecule has 0 unspecified atom stereocenters. The number of nitrogens with zero attached hydrogens (tertiary/aromatic N) is 2. The summed E-state index contributed by atoms with van der Waals surface area (Å²) in [5.41, 5.74) is 6.63. The second kappa shape index (κ2) is 7.72. The van der Waals surface area contributed by atoms with Gasteiger partial charge in [-0.3, -0.25) is 4.68 Å². The molecule has 0 amide bonds. The lowest BCUT2D eigenvalue weighted by atomic mass is 10.4. The Balaban J connectivity index is 2.86. The topological polar surface area (TPSA) is 99.2 Å². The molecule has 0 radical (unpaired) electrons. The Morgan fingerprint density at radius 3 is 2.65 bits per heavy atom. The summed E-state index contributed by atoms with van der Waals surface area (Å²) in [4.78, 5) is 0.270.